The molecule has 6 heteroatoms. The molecule has 6 nitrogen and oxygen atoms in total. The molecule has 16 heavy (non-hydrogen) atoms. The van der Waals surface area contributed by atoms with E-state index in [-0.39, 0.29) is 13.1 Å². The van der Waals surface area contributed by atoms with Gasteiger partial charge >= 0.3 is 12.0 Å². The fourth-order valence-electron chi connectivity index (χ4n) is 1.01. The molecule has 0 rings (SSSR count). The topological polar surface area (TPSA) is 78.9 Å². The first-order valence-corrected chi connectivity index (χ1v) is 4.96. The van der Waals surface area contributed by atoms with Crippen LogP contribution in [0.3, 0.4) is 0 Å². The number of hydrogen-bond acceptors (Lipinski definition) is 3. The van der Waals surface area contributed by atoms with Gasteiger partial charge in [-0.1, -0.05) is 6.08 Å². The lowest BCUT2D eigenvalue weighted by molar-refractivity contribution is -0.137. The van der Waals surface area contributed by atoms with Crippen molar-refractivity contribution in [1.82, 2.24) is 10.2 Å². The molecule has 0 saturated carbocycles. The molecule has 2 amide bonds. The van der Waals surface area contributed by atoms with E-state index in [0.29, 0.717) is 19.6 Å². The maximum absolute atomic E-state index is 11.5. The second kappa shape index (κ2) is 8.72. The van der Waals surface area contributed by atoms with Gasteiger partial charge in [0.15, 0.2) is 0 Å². The summed E-state index contributed by atoms with van der Waals surface area (Å²) < 4.78 is 4.80. The number of nitrogens with one attached hydrogen (secondary N) is 1. The van der Waals surface area contributed by atoms with Crippen LogP contribution in [0, 0.1) is 0 Å². The monoisotopic (exact) mass is 230 g/mol. The van der Waals surface area contributed by atoms with Crippen LogP contribution in [0.2, 0.25) is 0 Å². The van der Waals surface area contributed by atoms with Crippen molar-refractivity contribution in [2.24, 2.45) is 0 Å². The number of aliphatic carboxylic acids is 1. The molecular weight excluding hydrogens is 212 g/mol. The minimum Gasteiger partial charge on any atom is -0.480 e. The second-order valence-corrected chi connectivity index (χ2v) is 3.12. The fourth-order valence-corrected chi connectivity index (χ4v) is 1.01. The SMILES string of the molecule is C=CCCNC(=O)N(CCOC)CC(=O)O. The van der Waals surface area contributed by atoms with E-state index in [4.69, 9.17) is 9.84 Å². The zero-order chi connectivity index (χ0) is 12.4. The quantitative estimate of drug-likeness (QED) is 0.464. The van der Waals surface area contributed by atoms with Gasteiger partial charge in [0.1, 0.15) is 6.54 Å². The Kier molecular flexibility index (Phi) is 7.87. The van der Waals surface area contributed by atoms with Crippen molar-refractivity contribution in [3.63, 3.8) is 0 Å². The molecule has 0 aliphatic heterocycles. The van der Waals surface area contributed by atoms with Crippen molar-refractivity contribution in [3.8, 4) is 0 Å². The van der Waals surface area contributed by atoms with Crippen LogP contribution in [0.5, 0.6) is 0 Å². The standard InChI is InChI=1S/C10H18N2O4/c1-3-4-5-11-10(15)12(6-7-16-2)8-9(13)14/h3H,1,4-8H2,2H3,(H,11,15)(H,13,14). The van der Waals surface area contributed by atoms with Crippen molar-refractivity contribution in [3.05, 3.63) is 12.7 Å². The fraction of sp³-hybridized carbons (Fsp3) is 0.600. The first-order valence-electron chi connectivity index (χ1n) is 4.96. The first-order chi connectivity index (χ1) is 7.61. The van der Waals surface area contributed by atoms with Gasteiger partial charge in [-0.25, -0.2) is 4.79 Å². The predicted octanol–water partition coefficient (Wildman–Crippen LogP) is 0.305. The van der Waals surface area contributed by atoms with Crippen LogP contribution in [0.25, 0.3) is 0 Å². The lowest BCUT2D eigenvalue weighted by atomic mass is 10.4. The molecule has 0 atom stereocenters. The van der Waals surface area contributed by atoms with E-state index in [0.717, 1.165) is 0 Å². The summed E-state index contributed by atoms with van der Waals surface area (Å²) in [6.45, 7) is 4.20. The number of carboxylic acid groups (broad SMARTS) is 1. The van der Waals surface area contributed by atoms with E-state index >= 15 is 0 Å². The molecule has 0 heterocycles. The summed E-state index contributed by atoms with van der Waals surface area (Å²) >= 11 is 0. The molecule has 0 unspecified atom stereocenters. The van der Waals surface area contributed by atoms with Gasteiger partial charge in [-0.2, -0.15) is 0 Å². The highest BCUT2D eigenvalue weighted by atomic mass is 16.5. The molecule has 2 N–H and O–H groups in total. The zero-order valence-corrected chi connectivity index (χ0v) is 9.44. The average molecular weight is 230 g/mol. The Morgan fingerprint density at radius 1 is 1.56 bits per heavy atom. The van der Waals surface area contributed by atoms with Crippen LogP contribution >= 0.6 is 0 Å². The van der Waals surface area contributed by atoms with E-state index in [1.165, 1.54) is 12.0 Å². The van der Waals surface area contributed by atoms with Gasteiger partial charge in [0.25, 0.3) is 0 Å². The van der Waals surface area contributed by atoms with Crippen LogP contribution in [0.15, 0.2) is 12.7 Å². The third-order valence-electron chi connectivity index (χ3n) is 1.80. The molecule has 0 aliphatic carbocycles. The van der Waals surface area contributed by atoms with Gasteiger partial charge in [0.05, 0.1) is 6.61 Å². The summed E-state index contributed by atoms with van der Waals surface area (Å²) in [6, 6.07) is -0.402. The van der Waals surface area contributed by atoms with Crippen LogP contribution in [0.4, 0.5) is 4.79 Å². The second-order valence-electron chi connectivity index (χ2n) is 3.12. The zero-order valence-electron chi connectivity index (χ0n) is 9.44. The van der Waals surface area contributed by atoms with Gasteiger partial charge < -0.3 is 20.1 Å². The Morgan fingerprint density at radius 2 is 2.25 bits per heavy atom. The molecule has 92 valence electrons. The van der Waals surface area contributed by atoms with Crippen molar-refractivity contribution in [2.45, 2.75) is 6.42 Å². The van der Waals surface area contributed by atoms with Gasteiger partial charge in [-0.3, -0.25) is 4.79 Å². The molecule has 0 radical (unpaired) electrons. The molecule has 0 aromatic heterocycles. The number of amides is 2. The summed E-state index contributed by atoms with van der Waals surface area (Å²) in [5.41, 5.74) is 0. The highest BCUT2D eigenvalue weighted by Crippen LogP contribution is 1.91. The molecule has 0 aliphatic rings. The predicted molar refractivity (Wildman–Crippen MR) is 59.3 cm³/mol. The van der Waals surface area contributed by atoms with Crippen LogP contribution < -0.4 is 5.32 Å². The lowest BCUT2D eigenvalue weighted by Gasteiger charge is -2.20. The Labute approximate surface area is 94.9 Å². The maximum Gasteiger partial charge on any atom is 0.323 e. The van der Waals surface area contributed by atoms with Crippen LogP contribution in [0.1, 0.15) is 6.42 Å². The van der Waals surface area contributed by atoms with Crippen molar-refractivity contribution >= 4 is 12.0 Å². The van der Waals surface area contributed by atoms with Gasteiger partial charge in [-0.15, -0.1) is 6.58 Å². The number of carbonyl (C=O) groups is 2. The molecule has 0 fully saturated rings. The van der Waals surface area contributed by atoms with Crippen molar-refractivity contribution in [2.75, 3.05) is 33.4 Å². The lowest BCUT2D eigenvalue weighted by Crippen LogP contribution is -2.44. The minimum atomic E-state index is -1.05. The van der Waals surface area contributed by atoms with Gasteiger partial charge in [0.2, 0.25) is 0 Å². The molecule has 0 bridgehead atoms. The van der Waals surface area contributed by atoms with Crippen LogP contribution in [-0.2, 0) is 9.53 Å². The molecule has 0 saturated heterocycles. The number of carbonyl (C=O) groups excluding carboxylic acids is 1. The van der Waals surface area contributed by atoms with Crippen LogP contribution in [-0.4, -0.2) is 55.4 Å². The number of hydrogen-bond donors (Lipinski definition) is 2. The average Bonchev–Trinajstić information content (AvgIpc) is 2.23. The van der Waals surface area contributed by atoms with E-state index < -0.39 is 12.0 Å². The summed E-state index contributed by atoms with van der Waals surface area (Å²) in [6.07, 6.45) is 2.33. The number of methoxy groups -OCH3 is 1. The van der Waals surface area contributed by atoms with Crippen molar-refractivity contribution < 1.29 is 19.4 Å². The minimum absolute atomic E-state index is 0.253. The Bertz CT molecular complexity index is 243. The Balaban J connectivity index is 4.08. The first kappa shape index (κ1) is 14.4. The molecule has 0 aromatic rings. The largest absolute Gasteiger partial charge is 0.480 e. The van der Waals surface area contributed by atoms with Gasteiger partial charge in [-0.05, 0) is 6.42 Å². The maximum atomic E-state index is 11.5. The molecule has 0 spiro atoms. The highest BCUT2D eigenvalue weighted by molar-refractivity contribution is 5.80. The molecule has 0 aromatic carbocycles. The van der Waals surface area contributed by atoms with E-state index in [9.17, 15) is 9.59 Å². The van der Waals surface area contributed by atoms with E-state index in [1.807, 2.05) is 0 Å². The molecular formula is C10H18N2O4. The summed E-state index contributed by atoms with van der Waals surface area (Å²) in [5, 5.41) is 11.2. The number of nitrogens with zero attached hydrogens (tertiary/aromatic N) is 1. The number of ether oxygens (including phenoxy) is 1. The summed E-state index contributed by atoms with van der Waals surface area (Å²) in [4.78, 5) is 23.2. The third-order valence-corrected chi connectivity index (χ3v) is 1.80. The van der Waals surface area contributed by atoms with E-state index in [2.05, 4.69) is 11.9 Å². The van der Waals surface area contributed by atoms with Gasteiger partial charge in [0, 0.05) is 20.2 Å². The Morgan fingerprint density at radius 3 is 2.75 bits per heavy atom. The smallest absolute Gasteiger partial charge is 0.323 e. The normalized spacial score (nSPS) is 9.56. The number of urea groups is 1. The van der Waals surface area contributed by atoms with E-state index in [1.54, 1.807) is 6.08 Å². The summed E-state index contributed by atoms with van der Waals surface area (Å²) in [5.74, 6) is -1.05. The number of carboxylic acids is 1. The third kappa shape index (κ3) is 6.83. The highest BCUT2D eigenvalue weighted by Gasteiger charge is 2.15. The number of rotatable bonds is 8. The summed E-state index contributed by atoms with van der Waals surface area (Å²) in [7, 11) is 1.49. The Hall–Kier alpha value is -1.56. The van der Waals surface area contributed by atoms with Crippen molar-refractivity contribution in [1.29, 1.82) is 0 Å².